The average molecular weight is 1780 g/mol. The first-order valence-electron chi connectivity index (χ1n) is 41.0. The number of anilines is 5. The molecule has 6 saturated heterocycles. The van der Waals surface area contributed by atoms with E-state index in [0.717, 1.165) is 137 Å². The summed E-state index contributed by atoms with van der Waals surface area (Å²) in [6.07, 6.45) is 10.4. The van der Waals surface area contributed by atoms with Gasteiger partial charge in [-0.1, -0.05) is 48.5 Å². The summed E-state index contributed by atoms with van der Waals surface area (Å²) in [4.78, 5) is 108. The van der Waals surface area contributed by atoms with Gasteiger partial charge >= 0.3 is 24.1 Å². The smallest absolute Gasteiger partial charge is 0.408 e. The molecule has 0 aliphatic carbocycles. The van der Waals surface area contributed by atoms with Crippen LogP contribution in [0.2, 0.25) is 0 Å². The molecule has 4 N–H and O–H groups in total. The second-order valence-electron chi connectivity index (χ2n) is 30.4. The number of nitrogens with zero attached hydrogens (tertiary/aromatic N) is 24. The molecule has 0 bridgehead atoms. The molecule has 666 valence electrons. The predicted molar refractivity (Wildman–Crippen MR) is 456 cm³/mol. The molecule has 2 aromatic carbocycles. The third kappa shape index (κ3) is 21.4. The standard InChI is InChI=1S/C21H25N7O4.C20H20F3N5O3.C20H27N9O2S.C20H23N5O5S/c1-30-18(29)10-17-22-11-14(12-23-17)19-16-13-24-28(15-2-6-31-7-3-15)20(16)26-21(25-19)27-4-8-32-9-5-27;1-30-16(29)10-13-2-4-14(5-3-13)17-15-11-24-28(12-20(21,22)23)18(15)26-19(25-17)27-6-8-31-9-7-27;1-12(21)18(30)27-4-2-13(3-5-27)29-17-14(10-23-29)16(15-11-32-19(22)24-15)25-20(26-17)28-6-8-31-9-7-28;1-29-17(26)11-14-3-5-15(6-4-14)18-16-12-21-25(13-31(2,27)28)19(16)23-20(22-18)24-7-9-30-10-8-24/h11-13,15H,2-10H2,1H3;2-5,11H,6-10,12H2,1H3;10-13H,2-9,21H2,1H3,(H2,22,24);3-6,12H,7-11,13H2,1-2H3/t;;12-;/m..0./s1. The van der Waals surface area contributed by atoms with E-state index in [0.29, 0.717) is 160 Å². The number of rotatable bonds is 20. The van der Waals surface area contributed by atoms with Gasteiger partial charge in [-0.15, -0.1) is 11.3 Å². The monoisotopic (exact) mass is 1780 g/mol. The van der Waals surface area contributed by atoms with Crippen molar-refractivity contribution in [3.8, 4) is 45.2 Å². The summed E-state index contributed by atoms with van der Waals surface area (Å²) in [6, 6.07) is 14.4. The van der Waals surface area contributed by atoms with Gasteiger partial charge in [0.05, 0.1) is 169 Å². The van der Waals surface area contributed by atoms with Gasteiger partial charge in [0.25, 0.3) is 0 Å². The van der Waals surface area contributed by atoms with Crippen molar-refractivity contribution < 1.29 is 78.7 Å². The maximum atomic E-state index is 13.0. The molecule has 6 aliphatic rings. The maximum Gasteiger partial charge on any atom is 0.408 e. The zero-order valence-corrected chi connectivity index (χ0v) is 71.6. The normalized spacial score (nSPS) is 16.5. The molecule has 40 nitrogen and oxygen atoms in total. The van der Waals surface area contributed by atoms with Crippen molar-refractivity contribution in [2.75, 3.05) is 184 Å². The number of likely N-dealkylation sites (tertiary alicyclic amines) is 1. The number of sulfone groups is 1. The molecular formula is C81H95F3N26O14S2. The highest BCUT2D eigenvalue weighted by atomic mass is 32.2. The van der Waals surface area contributed by atoms with Crippen molar-refractivity contribution in [1.29, 1.82) is 0 Å². The number of benzene rings is 2. The fraction of sp³-hybridized carbons (Fsp3) is 0.469. The van der Waals surface area contributed by atoms with E-state index in [9.17, 15) is 40.8 Å². The molecule has 1 amide bonds. The third-order valence-corrected chi connectivity index (χ3v) is 23.0. The molecule has 0 saturated carbocycles. The number of alkyl halides is 3. The fourth-order valence-electron chi connectivity index (χ4n) is 15.1. The van der Waals surface area contributed by atoms with Crippen molar-refractivity contribution in [2.24, 2.45) is 5.73 Å². The molecular weight excluding hydrogens is 1680 g/mol. The topological polar surface area (TPSA) is 458 Å². The van der Waals surface area contributed by atoms with E-state index >= 15 is 0 Å². The van der Waals surface area contributed by atoms with Gasteiger partial charge in [-0.05, 0) is 43.7 Å². The fourth-order valence-corrected chi connectivity index (χ4v) is 16.3. The summed E-state index contributed by atoms with van der Waals surface area (Å²) in [6.45, 7) is 13.2. The first-order valence-corrected chi connectivity index (χ1v) is 43.9. The van der Waals surface area contributed by atoms with E-state index in [1.807, 2.05) is 66.1 Å². The van der Waals surface area contributed by atoms with Crippen molar-refractivity contribution in [3.63, 3.8) is 0 Å². The number of hydrogen-bond donors (Lipinski definition) is 2. The van der Waals surface area contributed by atoms with Gasteiger partial charge in [-0.2, -0.15) is 53.5 Å². The number of thiazole rings is 1. The Kier molecular flexibility index (Phi) is 28.1. The number of hydrogen-bond acceptors (Lipinski definition) is 36. The molecule has 6 fully saturated rings. The maximum absolute atomic E-state index is 13.0. The van der Waals surface area contributed by atoms with Crippen LogP contribution in [-0.4, -0.2) is 302 Å². The number of nitrogens with two attached hydrogens (primary N) is 2. The lowest BCUT2D eigenvalue weighted by Crippen LogP contribution is -2.46. The third-order valence-electron chi connectivity index (χ3n) is 21.6. The van der Waals surface area contributed by atoms with E-state index in [4.69, 9.17) is 74.6 Å². The van der Waals surface area contributed by atoms with Gasteiger partial charge < -0.3 is 73.9 Å². The van der Waals surface area contributed by atoms with Gasteiger partial charge in [0, 0.05) is 119 Å². The van der Waals surface area contributed by atoms with Gasteiger partial charge in [-0.3, -0.25) is 19.2 Å². The van der Waals surface area contributed by atoms with Gasteiger partial charge in [0.2, 0.25) is 29.7 Å². The highest BCUT2D eigenvalue weighted by Crippen LogP contribution is 2.38. The first kappa shape index (κ1) is 88.6. The Hall–Kier alpha value is -12.3. The average Bonchev–Trinajstić information content (AvgIpc) is 1.63. The molecule has 0 radical (unpaired) electrons. The lowest BCUT2D eigenvalue weighted by molar-refractivity contribution is -0.142. The Balaban J connectivity index is 0.000000130. The quantitative estimate of drug-likeness (QED) is 0.0680. The van der Waals surface area contributed by atoms with E-state index in [2.05, 4.69) is 59.7 Å². The second-order valence-corrected chi connectivity index (χ2v) is 33.4. The van der Waals surface area contributed by atoms with E-state index < -0.39 is 28.6 Å². The Morgan fingerprint density at radius 3 is 1.26 bits per heavy atom. The van der Waals surface area contributed by atoms with E-state index in [1.54, 1.807) is 49.8 Å². The summed E-state index contributed by atoms with van der Waals surface area (Å²) < 4.78 is 110. The number of esters is 3. The molecule has 16 heterocycles. The number of halogens is 3. The number of methoxy groups -OCH3 is 3. The van der Waals surface area contributed by atoms with Crippen LogP contribution in [0.15, 0.2) is 91.1 Å². The highest BCUT2D eigenvalue weighted by molar-refractivity contribution is 7.89. The number of carbonyl (C=O) groups is 4. The molecule has 12 aromatic rings. The Labute approximate surface area is 724 Å². The molecule has 45 heteroatoms. The predicted octanol–water partition coefficient (Wildman–Crippen LogP) is 5.72. The van der Waals surface area contributed by atoms with Crippen molar-refractivity contribution in [1.82, 2.24) is 98.8 Å². The van der Waals surface area contributed by atoms with Gasteiger partial charge in [-0.25, -0.2) is 62.0 Å². The number of aromatic nitrogens is 19. The van der Waals surface area contributed by atoms with Gasteiger partial charge in [0.15, 0.2) is 37.6 Å². The molecule has 126 heavy (non-hydrogen) atoms. The number of carbonyl (C=O) groups excluding carboxylic acids is 4. The molecule has 10 aromatic heterocycles. The number of ether oxygens (including phenoxy) is 8. The van der Waals surface area contributed by atoms with E-state index in [-0.39, 0.29) is 66.7 Å². The number of piperidine rings is 1. The molecule has 1 atom stereocenters. The van der Waals surface area contributed by atoms with E-state index in [1.165, 1.54) is 43.5 Å². The van der Waals surface area contributed by atoms with Crippen molar-refractivity contribution >= 4 is 118 Å². The minimum Gasteiger partial charge on any atom is -0.469 e. The summed E-state index contributed by atoms with van der Waals surface area (Å²) in [7, 11) is 0.710. The van der Waals surface area contributed by atoms with Crippen LogP contribution in [0.4, 0.5) is 42.1 Å². The van der Waals surface area contributed by atoms with Crippen LogP contribution in [0, 0.1) is 0 Å². The highest BCUT2D eigenvalue weighted by Gasteiger charge is 2.34. The van der Waals surface area contributed by atoms with Crippen molar-refractivity contribution in [3.05, 3.63) is 108 Å². The summed E-state index contributed by atoms with van der Waals surface area (Å²) in [5, 5.41) is 22.7. The molecule has 6 aliphatic heterocycles. The van der Waals surface area contributed by atoms with Crippen LogP contribution in [-0.2, 0) is 98.6 Å². The minimum atomic E-state index is -4.43. The molecule has 0 unspecified atom stereocenters. The Morgan fingerprint density at radius 1 is 0.476 bits per heavy atom. The lowest BCUT2D eigenvalue weighted by atomic mass is 10.0. The summed E-state index contributed by atoms with van der Waals surface area (Å²) in [5.41, 5.74) is 20.9. The van der Waals surface area contributed by atoms with Crippen molar-refractivity contribution in [2.45, 2.75) is 88.6 Å². The zero-order chi connectivity index (χ0) is 88.2. The Morgan fingerprint density at radius 2 is 0.849 bits per heavy atom. The summed E-state index contributed by atoms with van der Waals surface area (Å²) >= 11 is 1.39. The lowest BCUT2D eigenvalue weighted by Gasteiger charge is -2.33. The first-order chi connectivity index (χ1) is 60.9. The number of amides is 1. The zero-order valence-electron chi connectivity index (χ0n) is 70.0. The van der Waals surface area contributed by atoms with Crippen LogP contribution in [0.5, 0.6) is 0 Å². The van der Waals surface area contributed by atoms with Crippen LogP contribution in [0.1, 0.15) is 61.6 Å². The number of morpholine rings is 4. The Bertz CT molecular complexity index is 5920. The molecule has 18 rings (SSSR count). The number of nitrogen functional groups attached to an aromatic ring is 1. The SMILES string of the molecule is COC(=O)Cc1ccc(-c2nc(N3CCOCC3)nc3c2cnn3CC(F)(F)F)cc1.COC(=O)Cc1ccc(-c2nc(N3CCOCC3)nc3c2cnn3CS(C)(=O)=O)cc1.COC(=O)Cc1ncc(-c2nc(N3CCOCC3)nc3c2cnn3C2CCOCC2)cn1.C[C@H](N)C(=O)N1CCC(n2ncc3c(-c4csc(N)n4)nc(N4CCOCC4)nc32)CC1. The second kappa shape index (κ2) is 39.9. The number of fused-ring (bicyclic) bond motifs is 4. The molecule has 0 spiro atoms. The van der Waals surface area contributed by atoms with Crippen LogP contribution < -0.4 is 31.1 Å². The van der Waals surface area contributed by atoms with Crippen LogP contribution >= 0.6 is 11.3 Å². The van der Waals surface area contributed by atoms with Crippen LogP contribution in [0.3, 0.4) is 0 Å². The minimum absolute atomic E-state index is 0.00545. The summed E-state index contributed by atoms with van der Waals surface area (Å²) in [5.74, 6) is 1.19. The van der Waals surface area contributed by atoms with Crippen LogP contribution in [0.25, 0.3) is 89.3 Å². The largest absolute Gasteiger partial charge is 0.469 e. The van der Waals surface area contributed by atoms with Gasteiger partial charge in [0.1, 0.15) is 36.1 Å².